The normalized spacial score (nSPS) is 15.1. The Morgan fingerprint density at radius 3 is 2.06 bits per heavy atom. The molecule has 0 aliphatic rings. The highest BCUT2D eigenvalue weighted by molar-refractivity contribution is 5.76. The number of carbonyl (C=O) groups is 1. The molecule has 1 unspecified atom stereocenters. The van der Waals surface area contributed by atoms with Gasteiger partial charge in [-0.2, -0.15) is 0 Å². The first kappa shape index (κ1) is 15.2. The van der Waals surface area contributed by atoms with Gasteiger partial charge in [-0.25, -0.2) is 17.6 Å². The molecule has 96 valence electrons. The summed E-state index contributed by atoms with van der Waals surface area (Å²) in [5, 5.41) is 0. The van der Waals surface area contributed by atoms with Crippen LogP contribution in [-0.4, -0.2) is 30.0 Å². The Morgan fingerprint density at radius 2 is 1.75 bits per heavy atom. The Bertz CT molecular complexity index is 250. The third kappa shape index (κ3) is 5.29. The van der Waals surface area contributed by atoms with Gasteiger partial charge in [0.15, 0.2) is 0 Å². The predicted octanol–water partition coefficient (Wildman–Crippen LogP) is 1.95. The van der Waals surface area contributed by atoms with Gasteiger partial charge in [0.1, 0.15) is 11.6 Å². The maximum atomic E-state index is 12.6. The Kier molecular flexibility index (Phi) is 4.72. The second kappa shape index (κ2) is 4.99. The Morgan fingerprint density at radius 1 is 1.31 bits per heavy atom. The van der Waals surface area contributed by atoms with E-state index in [-0.39, 0.29) is 0 Å². The molecular formula is C9H15F4NO2. The number of hydrogen-bond donors (Lipinski definition) is 1. The van der Waals surface area contributed by atoms with Gasteiger partial charge in [-0.3, -0.25) is 4.79 Å². The molecule has 0 bridgehead atoms. The largest absolute Gasteiger partial charge is 0.459 e. The Hall–Kier alpha value is -0.850. The molecule has 3 nitrogen and oxygen atoms in total. The van der Waals surface area contributed by atoms with Crippen LogP contribution in [0.2, 0.25) is 0 Å². The number of halogens is 4. The van der Waals surface area contributed by atoms with Crippen LogP contribution in [0.15, 0.2) is 0 Å². The van der Waals surface area contributed by atoms with Crippen LogP contribution in [-0.2, 0) is 9.53 Å². The van der Waals surface area contributed by atoms with Gasteiger partial charge in [0.2, 0.25) is 0 Å². The summed E-state index contributed by atoms with van der Waals surface area (Å²) in [6.45, 7) is 4.55. The maximum Gasteiger partial charge on any atom is 0.323 e. The smallest absolute Gasteiger partial charge is 0.323 e. The summed E-state index contributed by atoms with van der Waals surface area (Å²) < 4.78 is 53.4. The lowest BCUT2D eigenvalue weighted by molar-refractivity contribution is -0.166. The van der Waals surface area contributed by atoms with Crippen molar-refractivity contribution in [3.05, 3.63) is 0 Å². The third-order valence-electron chi connectivity index (χ3n) is 1.52. The van der Waals surface area contributed by atoms with Crippen LogP contribution in [0.3, 0.4) is 0 Å². The first-order valence-electron chi connectivity index (χ1n) is 4.60. The fourth-order valence-electron chi connectivity index (χ4n) is 0.843. The number of alkyl halides is 4. The molecule has 0 aromatic heterocycles. The van der Waals surface area contributed by atoms with E-state index < -0.39 is 36.4 Å². The van der Waals surface area contributed by atoms with E-state index in [1.165, 1.54) is 20.8 Å². The van der Waals surface area contributed by atoms with E-state index in [2.05, 4.69) is 4.74 Å². The molecule has 0 fully saturated rings. The monoisotopic (exact) mass is 245 g/mol. The van der Waals surface area contributed by atoms with Crippen molar-refractivity contribution in [2.24, 2.45) is 5.73 Å². The molecule has 2 N–H and O–H groups in total. The van der Waals surface area contributed by atoms with E-state index in [0.717, 1.165) is 0 Å². The Balaban J connectivity index is 4.37. The average molecular weight is 245 g/mol. The lowest BCUT2D eigenvalue weighted by atomic mass is 10.1. The first-order valence-corrected chi connectivity index (χ1v) is 4.60. The minimum absolute atomic E-state index is 0.894. The number of rotatable bonds is 4. The van der Waals surface area contributed by atoms with Crippen molar-refractivity contribution in [1.82, 2.24) is 0 Å². The average Bonchev–Trinajstić information content (AvgIpc) is 1.99. The third-order valence-corrected chi connectivity index (χ3v) is 1.52. The summed E-state index contributed by atoms with van der Waals surface area (Å²) >= 11 is 0. The quantitative estimate of drug-likeness (QED) is 0.608. The number of carbonyl (C=O) groups excluding carboxylic acids is 1. The van der Waals surface area contributed by atoms with Crippen LogP contribution in [0, 0.1) is 0 Å². The van der Waals surface area contributed by atoms with Crippen molar-refractivity contribution in [2.75, 3.05) is 0 Å². The van der Waals surface area contributed by atoms with Crippen LogP contribution >= 0.6 is 0 Å². The first-order chi connectivity index (χ1) is 6.96. The zero-order valence-corrected chi connectivity index (χ0v) is 9.27. The molecular weight excluding hydrogens is 230 g/mol. The fourth-order valence-corrected chi connectivity index (χ4v) is 0.843. The van der Waals surface area contributed by atoms with Crippen molar-refractivity contribution in [3.63, 3.8) is 0 Å². The molecule has 0 radical (unpaired) electrons. The van der Waals surface area contributed by atoms with Crippen LogP contribution in [0.1, 0.15) is 27.2 Å². The summed E-state index contributed by atoms with van der Waals surface area (Å²) in [5.74, 6) is -5.40. The van der Waals surface area contributed by atoms with Crippen molar-refractivity contribution >= 4 is 5.97 Å². The van der Waals surface area contributed by atoms with Crippen LogP contribution in [0.25, 0.3) is 0 Å². The zero-order valence-electron chi connectivity index (χ0n) is 9.27. The van der Waals surface area contributed by atoms with E-state index in [9.17, 15) is 22.4 Å². The molecule has 0 aromatic carbocycles. The van der Waals surface area contributed by atoms with Gasteiger partial charge in [0, 0.05) is 6.42 Å². The molecule has 7 heteroatoms. The van der Waals surface area contributed by atoms with Crippen LogP contribution < -0.4 is 5.73 Å². The summed E-state index contributed by atoms with van der Waals surface area (Å²) in [6, 6.07) is -1.76. The summed E-state index contributed by atoms with van der Waals surface area (Å²) in [5.41, 5.74) is 4.17. The number of esters is 1. The molecule has 0 aromatic rings. The fraction of sp³-hybridized carbons (Fsp3) is 0.889. The topological polar surface area (TPSA) is 52.3 Å². The minimum atomic E-state index is -4.28. The van der Waals surface area contributed by atoms with Gasteiger partial charge < -0.3 is 10.5 Å². The van der Waals surface area contributed by atoms with Crippen molar-refractivity contribution in [1.29, 1.82) is 0 Å². The van der Waals surface area contributed by atoms with Crippen molar-refractivity contribution in [3.8, 4) is 0 Å². The van der Waals surface area contributed by atoms with Crippen LogP contribution in [0.4, 0.5) is 17.6 Å². The Labute approximate surface area is 90.9 Å². The van der Waals surface area contributed by atoms with E-state index in [1.807, 2.05) is 0 Å². The van der Waals surface area contributed by atoms with Gasteiger partial charge >= 0.3 is 18.3 Å². The van der Waals surface area contributed by atoms with Gasteiger partial charge in [-0.05, 0) is 20.8 Å². The highest BCUT2D eigenvalue weighted by atomic mass is 19.3. The van der Waals surface area contributed by atoms with E-state index in [4.69, 9.17) is 5.73 Å². The number of ether oxygens (including phenoxy) is 1. The molecule has 0 rings (SSSR count). The van der Waals surface area contributed by atoms with Crippen molar-refractivity contribution in [2.45, 2.75) is 51.2 Å². The lowest BCUT2D eigenvalue weighted by Gasteiger charge is -2.24. The highest BCUT2D eigenvalue weighted by Gasteiger charge is 2.44. The van der Waals surface area contributed by atoms with E-state index in [1.54, 1.807) is 0 Å². The molecule has 0 aliphatic heterocycles. The molecule has 0 heterocycles. The number of hydrogen-bond acceptors (Lipinski definition) is 3. The predicted molar refractivity (Wildman–Crippen MR) is 49.4 cm³/mol. The zero-order chi connectivity index (χ0) is 13.1. The van der Waals surface area contributed by atoms with Gasteiger partial charge in [-0.1, -0.05) is 0 Å². The molecule has 1 atom stereocenters. The molecule has 0 aliphatic carbocycles. The minimum Gasteiger partial charge on any atom is -0.459 e. The van der Waals surface area contributed by atoms with E-state index in [0.29, 0.717) is 0 Å². The summed E-state index contributed by atoms with van der Waals surface area (Å²) in [4.78, 5) is 11.1. The maximum absolute atomic E-state index is 12.6. The standard InChI is InChI=1S/C9H15F4NO2/c1-8(2,3)16-6(15)5(14)4-9(12,13)7(10)11/h5,7H,4,14H2,1-3H3. The van der Waals surface area contributed by atoms with Gasteiger partial charge in [0.25, 0.3) is 0 Å². The highest BCUT2D eigenvalue weighted by Crippen LogP contribution is 2.28. The van der Waals surface area contributed by atoms with Gasteiger partial charge in [0.05, 0.1) is 0 Å². The summed E-state index contributed by atoms with van der Waals surface area (Å²) in [6.07, 6.45) is -5.28. The molecule has 0 amide bonds. The lowest BCUT2D eigenvalue weighted by Crippen LogP contribution is -2.43. The number of nitrogens with two attached hydrogens (primary N) is 1. The summed E-state index contributed by atoms with van der Waals surface area (Å²) in [7, 11) is 0. The van der Waals surface area contributed by atoms with Gasteiger partial charge in [-0.15, -0.1) is 0 Å². The molecule has 16 heavy (non-hydrogen) atoms. The molecule has 0 saturated heterocycles. The van der Waals surface area contributed by atoms with E-state index >= 15 is 0 Å². The molecule has 0 spiro atoms. The second-order valence-electron chi connectivity index (χ2n) is 4.41. The second-order valence-corrected chi connectivity index (χ2v) is 4.41. The SMILES string of the molecule is CC(C)(C)OC(=O)C(N)CC(F)(F)C(F)F. The molecule has 0 saturated carbocycles. The van der Waals surface area contributed by atoms with Crippen LogP contribution in [0.5, 0.6) is 0 Å². The van der Waals surface area contributed by atoms with Crippen molar-refractivity contribution < 1.29 is 27.1 Å².